The number of fused-ring (bicyclic) bond motifs is 1. The van der Waals surface area contributed by atoms with E-state index in [1.54, 1.807) is 16.4 Å². The van der Waals surface area contributed by atoms with Gasteiger partial charge in [-0.2, -0.15) is 9.10 Å². The van der Waals surface area contributed by atoms with Crippen molar-refractivity contribution in [2.24, 2.45) is 0 Å². The number of hydrogen-bond donors (Lipinski definition) is 0. The predicted octanol–water partition coefficient (Wildman–Crippen LogP) is 3.24. The van der Waals surface area contributed by atoms with Crippen molar-refractivity contribution >= 4 is 21.1 Å². The first kappa shape index (κ1) is 21.7. The lowest BCUT2D eigenvalue weighted by Gasteiger charge is -2.25. The molecular weight excluding hydrogens is 438 g/mol. The molecule has 1 aliphatic rings. The second kappa shape index (κ2) is 8.68. The highest BCUT2D eigenvalue weighted by Gasteiger charge is 2.26. The Morgan fingerprint density at radius 3 is 2.48 bits per heavy atom. The molecule has 33 heavy (non-hydrogen) atoms. The molecule has 172 valence electrons. The van der Waals surface area contributed by atoms with Gasteiger partial charge in [0.25, 0.3) is 0 Å². The van der Waals surface area contributed by atoms with Crippen LogP contribution in [-0.4, -0.2) is 55.6 Å². The summed E-state index contributed by atoms with van der Waals surface area (Å²) in [6.07, 6.45) is 2.90. The van der Waals surface area contributed by atoms with Crippen molar-refractivity contribution in [1.29, 1.82) is 0 Å². The van der Waals surface area contributed by atoms with Crippen LogP contribution >= 0.6 is 0 Å². The van der Waals surface area contributed by atoms with Gasteiger partial charge in [-0.1, -0.05) is 36.2 Å². The molecule has 0 radical (unpaired) electrons. The highest BCUT2D eigenvalue weighted by molar-refractivity contribution is 7.89. The number of piperidine rings is 1. The molecule has 1 saturated heterocycles. The highest BCUT2D eigenvalue weighted by Crippen LogP contribution is 2.25. The summed E-state index contributed by atoms with van der Waals surface area (Å²) in [7, 11) is -3.51. The highest BCUT2D eigenvalue weighted by atomic mass is 32.2. The number of tetrazole rings is 1. The molecule has 0 unspecified atom stereocenters. The van der Waals surface area contributed by atoms with Gasteiger partial charge >= 0.3 is 0 Å². The molecule has 0 saturated carbocycles. The topological polar surface area (TPSA) is 98.8 Å². The van der Waals surface area contributed by atoms with Crippen molar-refractivity contribution in [3.8, 4) is 11.4 Å². The van der Waals surface area contributed by atoms with Crippen LogP contribution in [0.1, 0.15) is 37.6 Å². The van der Waals surface area contributed by atoms with E-state index >= 15 is 0 Å². The summed E-state index contributed by atoms with van der Waals surface area (Å²) in [5.74, 6) is 1.32. The number of aromatic nitrogens is 6. The molecule has 1 fully saturated rings. The average molecular weight is 466 g/mol. The molecule has 0 bridgehead atoms. The van der Waals surface area contributed by atoms with Gasteiger partial charge in [-0.3, -0.25) is 0 Å². The first-order chi connectivity index (χ1) is 16.0. The Bertz CT molecular complexity index is 1380. The fourth-order valence-electron chi connectivity index (χ4n) is 4.30. The molecule has 5 rings (SSSR count). The Hall–Kier alpha value is -3.11. The van der Waals surface area contributed by atoms with Crippen LogP contribution in [0.3, 0.4) is 0 Å². The Morgan fingerprint density at radius 1 is 1.00 bits per heavy atom. The zero-order valence-electron chi connectivity index (χ0n) is 18.8. The fraction of sp³-hybridized carbons (Fsp3) is 0.391. The third-order valence-corrected chi connectivity index (χ3v) is 8.01. The van der Waals surface area contributed by atoms with Crippen LogP contribution in [0.15, 0.2) is 47.4 Å². The normalized spacial score (nSPS) is 15.3. The first-order valence-corrected chi connectivity index (χ1v) is 12.7. The lowest BCUT2D eigenvalue weighted by molar-refractivity contribution is 0.346. The van der Waals surface area contributed by atoms with Gasteiger partial charge in [-0.25, -0.2) is 13.4 Å². The van der Waals surface area contributed by atoms with Crippen molar-refractivity contribution < 1.29 is 8.42 Å². The van der Waals surface area contributed by atoms with Crippen molar-refractivity contribution in [1.82, 2.24) is 34.1 Å². The third-order valence-electron chi connectivity index (χ3n) is 6.11. The zero-order valence-corrected chi connectivity index (χ0v) is 19.7. The second-order valence-corrected chi connectivity index (χ2v) is 10.3. The largest absolute Gasteiger partial charge is 0.327 e. The summed E-state index contributed by atoms with van der Waals surface area (Å²) < 4.78 is 29.8. The fourth-order valence-corrected chi connectivity index (χ4v) is 5.84. The maximum Gasteiger partial charge on any atom is 0.243 e. The van der Waals surface area contributed by atoms with E-state index in [1.165, 1.54) is 10.4 Å². The number of aryl methyl sites for hydroxylation is 2. The monoisotopic (exact) mass is 465 g/mol. The van der Waals surface area contributed by atoms with Crippen LogP contribution < -0.4 is 0 Å². The lowest BCUT2D eigenvalue weighted by atomic mass is 10.1. The van der Waals surface area contributed by atoms with E-state index in [0.29, 0.717) is 42.4 Å². The van der Waals surface area contributed by atoms with Gasteiger partial charge in [-0.05, 0) is 50.1 Å². The number of rotatable bonds is 6. The molecule has 0 aliphatic carbocycles. The molecule has 9 nitrogen and oxygen atoms in total. The number of benzene rings is 2. The van der Waals surface area contributed by atoms with Gasteiger partial charge in [0.05, 0.1) is 15.9 Å². The molecule has 1 aliphatic heterocycles. The minimum atomic E-state index is -3.51. The minimum absolute atomic E-state index is 0.296. The van der Waals surface area contributed by atoms with Crippen molar-refractivity contribution in [3.05, 3.63) is 53.9 Å². The van der Waals surface area contributed by atoms with Crippen LogP contribution in [0.5, 0.6) is 0 Å². The summed E-state index contributed by atoms with van der Waals surface area (Å²) >= 11 is 0. The Balaban J connectivity index is 1.45. The molecule has 0 amide bonds. The molecule has 4 aromatic rings. The van der Waals surface area contributed by atoms with Crippen LogP contribution in [0.4, 0.5) is 0 Å². The number of hydrogen-bond acceptors (Lipinski definition) is 6. The first-order valence-electron chi connectivity index (χ1n) is 11.3. The molecule has 2 aromatic carbocycles. The third kappa shape index (κ3) is 4.16. The van der Waals surface area contributed by atoms with Crippen LogP contribution in [0.2, 0.25) is 0 Å². The maximum absolute atomic E-state index is 13.1. The van der Waals surface area contributed by atoms with Gasteiger partial charge in [0.1, 0.15) is 12.4 Å². The van der Waals surface area contributed by atoms with E-state index < -0.39 is 10.0 Å². The van der Waals surface area contributed by atoms with E-state index in [1.807, 2.05) is 44.2 Å². The number of sulfonamides is 1. The lowest BCUT2D eigenvalue weighted by Crippen LogP contribution is -2.35. The van der Waals surface area contributed by atoms with Crippen molar-refractivity contribution in [3.63, 3.8) is 0 Å². The van der Waals surface area contributed by atoms with E-state index in [-0.39, 0.29) is 0 Å². The molecule has 3 heterocycles. The number of imidazole rings is 1. The molecule has 2 aromatic heterocycles. The maximum atomic E-state index is 13.1. The van der Waals surface area contributed by atoms with Crippen LogP contribution in [0, 0.1) is 6.92 Å². The van der Waals surface area contributed by atoms with Gasteiger partial charge in [0.2, 0.25) is 15.8 Å². The Labute approximate surface area is 193 Å². The van der Waals surface area contributed by atoms with Crippen molar-refractivity contribution in [2.75, 3.05) is 13.1 Å². The van der Waals surface area contributed by atoms with Gasteiger partial charge in [-0.15, -0.1) is 10.2 Å². The molecule has 10 heteroatoms. The van der Waals surface area contributed by atoms with Crippen LogP contribution in [-0.2, 0) is 23.1 Å². The second-order valence-electron chi connectivity index (χ2n) is 8.40. The standard InChI is InChI=1S/C23H27N7O2S/c1-3-29-21-12-11-19(33(31,32)28-13-5-4-6-14-28)15-20(21)24-22(29)16-30-26-23(25-27-30)18-9-7-17(2)8-10-18/h7-12,15H,3-6,13-14,16H2,1-2H3. The summed E-state index contributed by atoms with van der Waals surface area (Å²) in [5, 5.41) is 12.9. The summed E-state index contributed by atoms with van der Waals surface area (Å²) in [6.45, 7) is 6.27. The summed E-state index contributed by atoms with van der Waals surface area (Å²) in [5.41, 5.74) is 3.63. The van der Waals surface area contributed by atoms with E-state index in [2.05, 4.69) is 20.0 Å². The molecule has 0 spiro atoms. The van der Waals surface area contributed by atoms with E-state index in [4.69, 9.17) is 4.98 Å². The quantitative estimate of drug-likeness (QED) is 0.434. The van der Waals surface area contributed by atoms with E-state index in [9.17, 15) is 8.42 Å². The molecule has 0 N–H and O–H groups in total. The van der Waals surface area contributed by atoms with Gasteiger partial charge < -0.3 is 4.57 Å². The van der Waals surface area contributed by atoms with E-state index in [0.717, 1.165) is 36.2 Å². The summed E-state index contributed by atoms with van der Waals surface area (Å²) in [4.78, 5) is 6.56. The smallest absolute Gasteiger partial charge is 0.243 e. The average Bonchev–Trinajstić information content (AvgIpc) is 3.43. The molecular formula is C23H27N7O2S. The van der Waals surface area contributed by atoms with Gasteiger partial charge in [0, 0.05) is 25.2 Å². The Kier molecular flexibility index (Phi) is 5.71. The number of nitrogens with zero attached hydrogens (tertiary/aromatic N) is 7. The Morgan fingerprint density at radius 2 is 1.76 bits per heavy atom. The predicted molar refractivity (Wildman–Crippen MR) is 125 cm³/mol. The minimum Gasteiger partial charge on any atom is -0.327 e. The summed E-state index contributed by atoms with van der Waals surface area (Å²) in [6, 6.07) is 13.2. The van der Waals surface area contributed by atoms with Crippen molar-refractivity contribution in [2.45, 2.75) is 51.1 Å². The van der Waals surface area contributed by atoms with Crippen LogP contribution in [0.25, 0.3) is 22.4 Å². The molecule has 0 atom stereocenters. The zero-order chi connectivity index (χ0) is 23.0. The van der Waals surface area contributed by atoms with Gasteiger partial charge in [0.15, 0.2) is 0 Å². The SMILES string of the molecule is CCn1c(Cn2nnc(-c3ccc(C)cc3)n2)nc2cc(S(=O)(=O)N3CCCCC3)ccc21.